The van der Waals surface area contributed by atoms with Crippen LogP contribution in [0.2, 0.25) is 19.6 Å². The fraction of sp³-hybridized carbons (Fsp3) is 1.00. The Kier molecular flexibility index (Phi) is 6.06. The van der Waals surface area contributed by atoms with Crippen LogP contribution in [-0.4, -0.2) is 18.9 Å². The average Bonchev–Trinajstić information content (AvgIpc) is 1.31. The Morgan fingerprint density at radius 1 is 1.38 bits per heavy atom. The Morgan fingerprint density at radius 3 is 1.50 bits per heavy atom. The Labute approximate surface area is 76.3 Å². The van der Waals surface area contributed by atoms with Crippen molar-refractivity contribution in [1.29, 1.82) is 0 Å². The number of rotatable bonds is 1. The van der Waals surface area contributed by atoms with Gasteiger partial charge in [0, 0.05) is 5.73 Å². The smallest absolute Gasteiger partial charge is 1.00 e. The number of hydrogen-bond donors (Lipinski definition) is 1. The fourth-order valence-electron chi connectivity index (χ4n) is 0. The van der Waals surface area contributed by atoms with Crippen LogP contribution in [0.25, 0.3) is 0 Å². The van der Waals surface area contributed by atoms with Gasteiger partial charge in [0.25, 0.3) is 0 Å². The third-order valence-electron chi connectivity index (χ3n) is 1.25. The molecule has 0 radical (unpaired) electrons. The van der Waals surface area contributed by atoms with Crippen molar-refractivity contribution in [2.45, 2.75) is 32.3 Å². The van der Waals surface area contributed by atoms with E-state index in [4.69, 9.17) is 5.11 Å². The molecule has 46 valence electrons. The predicted octanol–water partition coefficient (Wildman–Crippen LogP) is -1.64. The van der Waals surface area contributed by atoms with Gasteiger partial charge >= 0.3 is 29.6 Å². The van der Waals surface area contributed by atoms with Crippen molar-refractivity contribution in [3.63, 3.8) is 0 Å². The van der Waals surface area contributed by atoms with Crippen LogP contribution in [0.4, 0.5) is 0 Å². The van der Waals surface area contributed by atoms with Gasteiger partial charge in [0.1, 0.15) is 0 Å². The van der Waals surface area contributed by atoms with Crippen LogP contribution >= 0.6 is 0 Å². The first-order valence-corrected chi connectivity index (χ1v) is 6.20. The molecule has 0 aliphatic rings. The molecule has 1 N–H and O–H groups in total. The van der Waals surface area contributed by atoms with Crippen molar-refractivity contribution in [2.24, 2.45) is 0 Å². The van der Waals surface area contributed by atoms with E-state index in [9.17, 15) is 0 Å². The van der Waals surface area contributed by atoms with Crippen molar-refractivity contribution < 1.29 is 36.1 Å². The van der Waals surface area contributed by atoms with E-state index in [1.165, 1.54) is 0 Å². The standard InChI is InChI=1S/C5H14OSi.Na.H/c1-5(6)7(2,3)4;;/h5-6H,1-4H3;;/q;+1;-1. The van der Waals surface area contributed by atoms with Crippen LogP contribution in [0, 0.1) is 0 Å². The van der Waals surface area contributed by atoms with Crippen LogP contribution in [-0.2, 0) is 0 Å². The van der Waals surface area contributed by atoms with Gasteiger partial charge in [-0.2, -0.15) is 0 Å². The molecule has 1 nitrogen and oxygen atoms in total. The molecule has 0 amide bonds. The Bertz CT molecular complexity index is 62.5. The molecule has 3 heteroatoms. The van der Waals surface area contributed by atoms with Gasteiger partial charge in [-0.15, -0.1) is 0 Å². The van der Waals surface area contributed by atoms with Gasteiger partial charge < -0.3 is 6.53 Å². The molecule has 0 aliphatic heterocycles. The molecule has 0 aliphatic carbocycles. The third kappa shape index (κ3) is 5.32. The first kappa shape index (κ1) is 11.9. The van der Waals surface area contributed by atoms with Crippen LogP contribution in [0.15, 0.2) is 0 Å². The largest absolute Gasteiger partial charge is 1.00 e. The van der Waals surface area contributed by atoms with Crippen molar-refractivity contribution in [3.8, 4) is 0 Å². The molecule has 0 spiro atoms. The Balaban J connectivity index is -0.000000180. The molecule has 0 heterocycles. The van der Waals surface area contributed by atoms with Crippen molar-refractivity contribution >= 4 is 8.07 Å². The zero-order valence-corrected chi connectivity index (χ0v) is 9.52. The quantitative estimate of drug-likeness (QED) is 0.435. The van der Waals surface area contributed by atoms with Crippen molar-refractivity contribution in [3.05, 3.63) is 0 Å². The normalized spacial score (nSPS) is 14.6. The molecule has 1 atom stereocenters. The van der Waals surface area contributed by atoms with Gasteiger partial charge in [0.15, 0.2) is 0 Å². The van der Waals surface area contributed by atoms with Gasteiger partial charge in [-0.25, -0.2) is 0 Å². The van der Waals surface area contributed by atoms with Crippen LogP contribution in [0.3, 0.4) is 0 Å². The van der Waals surface area contributed by atoms with Gasteiger partial charge in [-0.1, -0.05) is 19.6 Å². The first-order chi connectivity index (χ1) is 2.94. The summed E-state index contributed by atoms with van der Waals surface area (Å²) in [5.74, 6) is 0. The monoisotopic (exact) mass is 142 g/mol. The molecule has 0 rings (SSSR count). The molecular weight excluding hydrogens is 127 g/mol. The van der Waals surface area contributed by atoms with E-state index in [-0.39, 0.29) is 36.7 Å². The number of hydrogen-bond acceptors (Lipinski definition) is 1. The maximum absolute atomic E-state index is 8.95. The second kappa shape index (κ2) is 4.07. The van der Waals surface area contributed by atoms with E-state index in [1.54, 1.807) is 0 Å². The van der Waals surface area contributed by atoms with E-state index < -0.39 is 8.07 Å². The SMILES string of the molecule is CC(O)[Si](C)(C)C.[H-].[Na+]. The summed E-state index contributed by atoms with van der Waals surface area (Å²) in [5.41, 5.74) is -0.0625. The Morgan fingerprint density at radius 2 is 1.50 bits per heavy atom. The molecule has 1 unspecified atom stereocenters. The summed E-state index contributed by atoms with van der Waals surface area (Å²) >= 11 is 0. The van der Waals surface area contributed by atoms with E-state index >= 15 is 0 Å². The second-order valence-electron chi connectivity index (χ2n) is 3.04. The fourth-order valence-corrected chi connectivity index (χ4v) is 0. The zero-order valence-electron chi connectivity index (χ0n) is 7.52. The summed E-state index contributed by atoms with van der Waals surface area (Å²) < 4.78 is 0. The third-order valence-corrected chi connectivity index (χ3v) is 3.76. The van der Waals surface area contributed by atoms with Crippen LogP contribution in [0.1, 0.15) is 8.35 Å². The molecule has 0 bridgehead atoms. The summed E-state index contributed by atoms with van der Waals surface area (Å²) in [6, 6.07) is 0. The van der Waals surface area contributed by atoms with Gasteiger partial charge in [-0.3, -0.25) is 0 Å². The average molecular weight is 142 g/mol. The number of aliphatic hydroxyl groups excluding tert-OH is 1. The van der Waals surface area contributed by atoms with Gasteiger partial charge in [0.05, 0.1) is 8.07 Å². The molecule has 0 saturated heterocycles. The van der Waals surface area contributed by atoms with Gasteiger partial charge in [0.2, 0.25) is 0 Å². The molecule has 0 saturated carbocycles. The minimum atomic E-state index is -1.18. The van der Waals surface area contributed by atoms with E-state index in [0.29, 0.717) is 0 Å². The second-order valence-corrected chi connectivity index (χ2v) is 8.61. The topological polar surface area (TPSA) is 20.2 Å². The maximum atomic E-state index is 8.95. The summed E-state index contributed by atoms with van der Waals surface area (Å²) in [7, 11) is -1.18. The van der Waals surface area contributed by atoms with E-state index in [2.05, 4.69) is 19.6 Å². The van der Waals surface area contributed by atoms with Crippen molar-refractivity contribution in [2.75, 3.05) is 0 Å². The molecular formula is C5H15NaOSi. The summed E-state index contributed by atoms with van der Waals surface area (Å²) in [6.07, 6.45) is 0. The summed E-state index contributed by atoms with van der Waals surface area (Å²) in [4.78, 5) is 0. The minimum absolute atomic E-state index is 0. The molecule has 8 heavy (non-hydrogen) atoms. The van der Waals surface area contributed by atoms with Crippen molar-refractivity contribution in [1.82, 2.24) is 0 Å². The van der Waals surface area contributed by atoms with E-state index in [0.717, 1.165) is 0 Å². The first-order valence-electron chi connectivity index (χ1n) is 2.62. The minimum Gasteiger partial charge on any atom is -1.00 e. The van der Waals surface area contributed by atoms with Gasteiger partial charge in [-0.05, 0) is 6.92 Å². The predicted molar refractivity (Wildman–Crippen MR) is 36.1 cm³/mol. The maximum Gasteiger partial charge on any atom is 1.00 e. The molecule has 0 aromatic rings. The van der Waals surface area contributed by atoms with Crippen LogP contribution < -0.4 is 29.6 Å². The number of aliphatic hydroxyl groups is 1. The van der Waals surface area contributed by atoms with E-state index in [1.807, 2.05) is 6.92 Å². The molecule has 0 aromatic carbocycles. The molecule has 0 fully saturated rings. The summed E-state index contributed by atoms with van der Waals surface area (Å²) in [6.45, 7) is 8.32. The zero-order chi connectivity index (χ0) is 6.08. The van der Waals surface area contributed by atoms with Crippen LogP contribution in [0.5, 0.6) is 0 Å². The Hall–Kier alpha value is 1.18. The molecule has 0 aromatic heterocycles. The summed E-state index contributed by atoms with van der Waals surface area (Å²) in [5, 5.41) is 8.95.